The van der Waals surface area contributed by atoms with Gasteiger partial charge in [-0.2, -0.15) is 4.98 Å². The maximum Gasteiger partial charge on any atom is 0.270 e. The summed E-state index contributed by atoms with van der Waals surface area (Å²) in [6, 6.07) is 5.42. The molecule has 2 aromatic rings. The number of aromatic nitrogens is 2. The lowest BCUT2D eigenvalue weighted by atomic mass is 10.0. The standard InChI is InChI=1S/C14H16N4O3/c1-14(2)13(19)18(3)9-6-8(4-5-10(9)20-14)12-16-11(7-15)21-17-12/h4-6H,7,15H2,1-3H3. The van der Waals surface area contributed by atoms with Gasteiger partial charge >= 0.3 is 0 Å². The summed E-state index contributed by atoms with van der Waals surface area (Å²) in [5.74, 6) is 1.34. The fraction of sp³-hybridized carbons (Fsp3) is 0.357. The number of carbonyl (C=O) groups excluding carboxylic acids is 1. The molecule has 0 radical (unpaired) electrons. The lowest BCUT2D eigenvalue weighted by Crippen LogP contribution is -2.50. The number of amides is 1. The molecule has 0 bridgehead atoms. The van der Waals surface area contributed by atoms with Crippen LogP contribution in [-0.2, 0) is 11.3 Å². The quantitative estimate of drug-likeness (QED) is 0.895. The maximum absolute atomic E-state index is 12.2. The van der Waals surface area contributed by atoms with Gasteiger partial charge in [0.15, 0.2) is 5.60 Å². The van der Waals surface area contributed by atoms with Crippen LogP contribution in [-0.4, -0.2) is 28.7 Å². The predicted octanol–water partition coefficient (Wildman–Crippen LogP) is 1.33. The highest BCUT2D eigenvalue weighted by Gasteiger charge is 2.39. The minimum atomic E-state index is -0.873. The van der Waals surface area contributed by atoms with E-state index in [2.05, 4.69) is 10.1 Å². The van der Waals surface area contributed by atoms with Crippen LogP contribution in [0.2, 0.25) is 0 Å². The van der Waals surface area contributed by atoms with Gasteiger partial charge in [-0.1, -0.05) is 5.16 Å². The van der Waals surface area contributed by atoms with E-state index in [1.54, 1.807) is 37.9 Å². The van der Waals surface area contributed by atoms with Crippen LogP contribution < -0.4 is 15.4 Å². The van der Waals surface area contributed by atoms with Crippen LogP contribution >= 0.6 is 0 Å². The highest BCUT2D eigenvalue weighted by atomic mass is 16.5. The first kappa shape index (κ1) is 13.6. The van der Waals surface area contributed by atoms with E-state index in [9.17, 15) is 4.79 Å². The second-order valence-corrected chi connectivity index (χ2v) is 5.37. The molecular weight excluding hydrogens is 272 g/mol. The molecule has 110 valence electrons. The monoisotopic (exact) mass is 288 g/mol. The molecule has 7 nitrogen and oxygen atoms in total. The van der Waals surface area contributed by atoms with Crippen molar-refractivity contribution in [2.24, 2.45) is 5.73 Å². The molecule has 1 aromatic heterocycles. The average molecular weight is 288 g/mol. The van der Waals surface area contributed by atoms with E-state index in [0.717, 1.165) is 5.56 Å². The SMILES string of the molecule is CN1C(=O)C(C)(C)Oc2ccc(-c3noc(CN)n3)cc21. The van der Waals surface area contributed by atoms with Gasteiger partial charge in [-0.3, -0.25) is 4.79 Å². The van der Waals surface area contributed by atoms with E-state index in [1.807, 2.05) is 6.07 Å². The Morgan fingerprint density at radius 3 is 2.81 bits per heavy atom. The number of hydrogen-bond donors (Lipinski definition) is 1. The molecule has 2 N–H and O–H groups in total. The van der Waals surface area contributed by atoms with Crippen LogP contribution in [0.4, 0.5) is 5.69 Å². The molecule has 7 heteroatoms. The van der Waals surface area contributed by atoms with Crippen molar-refractivity contribution in [3.05, 3.63) is 24.1 Å². The molecule has 21 heavy (non-hydrogen) atoms. The smallest absolute Gasteiger partial charge is 0.270 e. The van der Waals surface area contributed by atoms with E-state index in [-0.39, 0.29) is 12.5 Å². The number of nitrogens with zero attached hydrogens (tertiary/aromatic N) is 3. The molecule has 3 rings (SSSR count). The molecule has 1 aromatic carbocycles. The molecule has 1 aliphatic heterocycles. The number of ether oxygens (including phenoxy) is 1. The number of anilines is 1. The van der Waals surface area contributed by atoms with Crippen molar-refractivity contribution in [2.75, 3.05) is 11.9 Å². The Morgan fingerprint density at radius 1 is 1.38 bits per heavy atom. The minimum absolute atomic E-state index is 0.108. The first-order chi connectivity index (χ1) is 9.92. The van der Waals surface area contributed by atoms with Crippen LogP contribution in [0.1, 0.15) is 19.7 Å². The van der Waals surface area contributed by atoms with Gasteiger partial charge in [-0.15, -0.1) is 0 Å². The highest BCUT2D eigenvalue weighted by molar-refractivity contribution is 6.02. The second-order valence-electron chi connectivity index (χ2n) is 5.37. The second kappa shape index (κ2) is 4.56. The third-order valence-electron chi connectivity index (χ3n) is 3.41. The zero-order chi connectivity index (χ0) is 15.2. The number of carbonyl (C=O) groups is 1. The van der Waals surface area contributed by atoms with E-state index in [1.165, 1.54) is 0 Å². The van der Waals surface area contributed by atoms with Crippen LogP contribution in [0, 0.1) is 0 Å². The molecule has 0 spiro atoms. The summed E-state index contributed by atoms with van der Waals surface area (Å²) in [5, 5.41) is 3.87. The summed E-state index contributed by atoms with van der Waals surface area (Å²) in [6.07, 6.45) is 0. The average Bonchev–Trinajstić information content (AvgIpc) is 2.93. The number of nitrogens with two attached hydrogens (primary N) is 1. The molecule has 2 heterocycles. The molecule has 0 aliphatic carbocycles. The van der Waals surface area contributed by atoms with Crippen molar-refractivity contribution in [3.8, 4) is 17.1 Å². The summed E-state index contributed by atoms with van der Waals surface area (Å²) in [4.78, 5) is 18.0. The van der Waals surface area contributed by atoms with Gasteiger partial charge in [0.25, 0.3) is 5.91 Å². The molecule has 0 unspecified atom stereocenters. The van der Waals surface area contributed by atoms with Gasteiger partial charge < -0.3 is 19.9 Å². The van der Waals surface area contributed by atoms with E-state index < -0.39 is 5.60 Å². The zero-order valence-electron chi connectivity index (χ0n) is 12.1. The third kappa shape index (κ3) is 2.15. The first-order valence-corrected chi connectivity index (χ1v) is 6.56. The molecule has 1 aliphatic rings. The van der Waals surface area contributed by atoms with Gasteiger partial charge in [-0.25, -0.2) is 0 Å². The van der Waals surface area contributed by atoms with Crippen molar-refractivity contribution < 1.29 is 14.1 Å². The fourth-order valence-corrected chi connectivity index (χ4v) is 2.29. The van der Waals surface area contributed by atoms with E-state index in [0.29, 0.717) is 23.2 Å². The Balaban J connectivity index is 2.04. The highest BCUT2D eigenvalue weighted by Crippen LogP contribution is 2.39. The summed E-state index contributed by atoms with van der Waals surface area (Å²) in [6.45, 7) is 3.68. The lowest BCUT2D eigenvalue weighted by molar-refractivity contribution is -0.132. The van der Waals surface area contributed by atoms with Gasteiger partial charge in [0.2, 0.25) is 11.7 Å². The summed E-state index contributed by atoms with van der Waals surface area (Å²) < 4.78 is 10.7. The lowest BCUT2D eigenvalue weighted by Gasteiger charge is -2.36. The molecule has 0 atom stereocenters. The first-order valence-electron chi connectivity index (χ1n) is 6.56. The Kier molecular flexibility index (Phi) is 2.94. The van der Waals surface area contributed by atoms with Gasteiger partial charge in [0, 0.05) is 12.6 Å². The summed E-state index contributed by atoms with van der Waals surface area (Å²) in [5.41, 5.74) is 5.99. The molecule has 0 fully saturated rings. The molecule has 0 saturated heterocycles. The summed E-state index contributed by atoms with van der Waals surface area (Å²) >= 11 is 0. The van der Waals surface area contributed by atoms with Gasteiger partial charge in [0.1, 0.15) is 5.75 Å². The maximum atomic E-state index is 12.2. The molecule has 1 amide bonds. The number of rotatable bonds is 2. The van der Waals surface area contributed by atoms with Crippen LogP contribution in [0.5, 0.6) is 5.75 Å². The number of benzene rings is 1. The number of hydrogen-bond acceptors (Lipinski definition) is 6. The fourth-order valence-electron chi connectivity index (χ4n) is 2.29. The van der Waals surface area contributed by atoms with E-state index >= 15 is 0 Å². The minimum Gasteiger partial charge on any atom is -0.476 e. The molecule has 0 saturated carbocycles. The predicted molar refractivity (Wildman–Crippen MR) is 75.7 cm³/mol. The normalized spacial score (nSPS) is 16.6. The Morgan fingerprint density at radius 2 is 2.14 bits per heavy atom. The molecular formula is C14H16N4O3. The van der Waals surface area contributed by atoms with Crippen LogP contribution in [0.25, 0.3) is 11.4 Å². The van der Waals surface area contributed by atoms with Gasteiger partial charge in [-0.05, 0) is 32.0 Å². The summed E-state index contributed by atoms with van der Waals surface area (Å²) in [7, 11) is 1.72. The van der Waals surface area contributed by atoms with Gasteiger partial charge in [0.05, 0.1) is 12.2 Å². The third-order valence-corrected chi connectivity index (χ3v) is 3.41. The van der Waals surface area contributed by atoms with Crippen LogP contribution in [0.15, 0.2) is 22.7 Å². The topological polar surface area (TPSA) is 94.5 Å². The van der Waals surface area contributed by atoms with Crippen molar-refractivity contribution >= 4 is 11.6 Å². The number of likely N-dealkylation sites (N-methyl/N-ethyl adjacent to an activating group) is 1. The Bertz CT molecular complexity index is 708. The largest absolute Gasteiger partial charge is 0.476 e. The van der Waals surface area contributed by atoms with Crippen molar-refractivity contribution in [3.63, 3.8) is 0 Å². The van der Waals surface area contributed by atoms with Crippen molar-refractivity contribution in [1.82, 2.24) is 10.1 Å². The zero-order valence-corrected chi connectivity index (χ0v) is 12.1. The Hall–Kier alpha value is -2.41. The Labute approximate surface area is 121 Å². The van der Waals surface area contributed by atoms with Crippen molar-refractivity contribution in [1.29, 1.82) is 0 Å². The van der Waals surface area contributed by atoms with Crippen molar-refractivity contribution in [2.45, 2.75) is 26.0 Å². The van der Waals surface area contributed by atoms with E-state index in [4.69, 9.17) is 15.0 Å². The number of fused-ring (bicyclic) bond motifs is 1. The van der Waals surface area contributed by atoms with Crippen LogP contribution in [0.3, 0.4) is 0 Å².